The molecule has 8 nitrogen and oxygen atoms in total. The standard InChI is InChI=1S/C24H19N5O3/c30-21-14-25-24(29(21)15-17-8-3-1-4-9-17)27-23(31)22-26-19(20-12-7-13-32-20)16-28(22)18-10-5-2-6-11-18/h1-13,16H,14-15H2,(H,25,27,31). The van der Waals surface area contributed by atoms with E-state index in [4.69, 9.17) is 4.42 Å². The van der Waals surface area contributed by atoms with Crippen LogP contribution in [0.4, 0.5) is 0 Å². The molecule has 8 heteroatoms. The number of rotatable bonds is 5. The number of guanidine groups is 1. The molecule has 5 rings (SSSR count). The first-order chi connectivity index (χ1) is 15.7. The minimum Gasteiger partial charge on any atom is -0.463 e. The number of para-hydroxylation sites is 1. The number of aliphatic imine (C=N–C) groups is 1. The van der Waals surface area contributed by atoms with E-state index in [-0.39, 0.29) is 24.2 Å². The Bertz CT molecular complexity index is 1280. The Kier molecular flexibility index (Phi) is 5.09. The third-order valence-corrected chi connectivity index (χ3v) is 5.05. The van der Waals surface area contributed by atoms with Crippen molar-refractivity contribution in [2.45, 2.75) is 6.54 Å². The van der Waals surface area contributed by atoms with Crippen LogP contribution in [0, 0.1) is 0 Å². The maximum atomic E-state index is 13.2. The maximum Gasteiger partial charge on any atom is 0.294 e. The number of carbonyl (C=O) groups excluding carboxylic acids is 2. The van der Waals surface area contributed by atoms with Gasteiger partial charge in [0.1, 0.15) is 12.2 Å². The number of hydrogen-bond acceptors (Lipinski definition) is 5. The number of nitrogens with one attached hydrogen (secondary N) is 1. The second kappa shape index (κ2) is 8.35. The van der Waals surface area contributed by atoms with Crippen LogP contribution in [0.5, 0.6) is 0 Å². The van der Waals surface area contributed by atoms with E-state index in [0.717, 1.165) is 11.3 Å². The summed E-state index contributed by atoms with van der Waals surface area (Å²) >= 11 is 0. The molecule has 0 saturated carbocycles. The molecule has 2 amide bonds. The van der Waals surface area contributed by atoms with Crippen molar-refractivity contribution in [3.63, 3.8) is 0 Å². The molecule has 3 heterocycles. The van der Waals surface area contributed by atoms with Gasteiger partial charge < -0.3 is 4.42 Å². The number of aromatic nitrogens is 2. The van der Waals surface area contributed by atoms with Crippen molar-refractivity contribution in [1.82, 2.24) is 19.8 Å². The molecule has 0 spiro atoms. The normalized spacial score (nSPS) is 13.3. The average molecular weight is 425 g/mol. The van der Waals surface area contributed by atoms with Crippen LogP contribution in [0.15, 0.2) is 94.7 Å². The molecule has 4 aromatic rings. The molecule has 2 aromatic heterocycles. The van der Waals surface area contributed by atoms with Crippen LogP contribution in [-0.2, 0) is 11.3 Å². The van der Waals surface area contributed by atoms with Gasteiger partial charge in [-0.25, -0.2) is 9.98 Å². The number of furan rings is 1. The molecule has 1 aliphatic heterocycles. The molecular formula is C24H19N5O3. The Morgan fingerprint density at radius 3 is 2.47 bits per heavy atom. The largest absolute Gasteiger partial charge is 0.463 e. The summed E-state index contributed by atoms with van der Waals surface area (Å²) < 4.78 is 7.14. The van der Waals surface area contributed by atoms with E-state index < -0.39 is 5.91 Å². The fourth-order valence-electron chi connectivity index (χ4n) is 3.49. The zero-order valence-corrected chi connectivity index (χ0v) is 17.0. The van der Waals surface area contributed by atoms with Crippen LogP contribution >= 0.6 is 0 Å². The molecule has 0 unspecified atom stereocenters. The topological polar surface area (TPSA) is 92.7 Å². The minimum absolute atomic E-state index is 0.00673. The molecule has 158 valence electrons. The third kappa shape index (κ3) is 3.81. The summed E-state index contributed by atoms with van der Waals surface area (Å²) in [4.78, 5) is 35.8. The number of nitrogens with zero attached hydrogens (tertiary/aromatic N) is 4. The van der Waals surface area contributed by atoms with Gasteiger partial charge >= 0.3 is 0 Å². The quantitative estimate of drug-likeness (QED) is 0.531. The second-order valence-corrected chi connectivity index (χ2v) is 7.19. The zero-order chi connectivity index (χ0) is 21.9. The van der Waals surface area contributed by atoms with Gasteiger partial charge in [0.15, 0.2) is 5.76 Å². The highest BCUT2D eigenvalue weighted by Crippen LogP contribution is 2.22. The first-order valence-corrected chi connectivity index (χ1v) is 10.1. The molecule has 0 aliphatic carbocycles. The van der Waals surface area contributed by atoms with E-state index in [0.29, 0.717) is 18.0 Å². The predicted molar refractivity (Wildman–Crippen MR) is 118 cm³/mol. The van der Waals surface area contributed by atoms with E-state index >= 15 is 0 Å². The molecular weight excluding hydrogens is 406 g/mol. The van der Waals surface area contributed by atoms with Crippen LogP contribution in [0.25, 0.3) is 17.1 Å². The van der Waals surface area contributed by atoms with Crippen molar-refractivity contribution in [2.75, 3.05) is 6.54 Å². The Labute approximate surface area is 183 Å². The summed E-state index contributed by atoms with van der Waals surface area (Å²) in [6.45, 7) is 0.316. The Balaban J connectivity index is 1.44. The van der Waals surface area contributed by atoms with E-state index in [1.807, 2.05) is 60.7 Å². The van der Waals surface area contributed by atoms with Crippen molar-refractivity contribution in [1.29, 1.82) is 0 Å². The Morgan fingerprint density at radius 1 is 1.00 bits per heavy atom. The number of hydrogen-bond donors (Lipinski definition) is 1. The van der Waals surface area contributed by atoms with Gasteiger partial charge in [0.2, 0.25) is 11.8 Å². The van der Waals surface area contributed by atoms with Gasteiger partial charge in [0, 0.05) is 11.9 Å². The molecule has 2 aromatic carbocycles. The lowest BCUT2D eigenvalue weighted by Crippen LogP contribution is -2.44. The Morgan fingerprint density at radius 2 is 1.75 bits per heavy atom. The van der Waals surface area contributed by atoms with Crippen LogP contribution in [0.3, 0.4) is 0 Å². The van der Waals surface area contributed by atoms with Crippen molar-refractivity contribution < 1.29 is 14.0 Å². The lowest BCUT2D eigenvalue weighted by molar-refractivity contribution is -0.125. The lowest BCUT2D eigenvalue weighted by atomic mass is 10.2. The summed E-state index contributed by atoms with van der Waals surface area (Å²) in [6, 6.07) is 22.5. The minimum atomic E-state index is -0.474. The van der Waals surface area contributed by atoms with Crippen molar-refractivity contribution in [2.24, 2.45) is 4.99 Å². The molecule has 0 saturated heterocycles. The number of carbonyl (C=O) groups is 2. The number of benzene rings is 2. The lowest BCUT2D eigenvalue weighted by Gasteiger charge is -2.19. The van der Waals surface area contributed by atoms with Crippen molar-refractivity contribution >= 4 is 17.8 Å². The van der Waals surface area contributed by atoms with Crippen molar-refractivity contribution in [3.8, 4) is 17.1 Å². The smallest absolute Gasteiger partial charge is 0.294 e. The fourth-order valence-corrected chi connectivity index (χ4v) is 3.49. The summed E-state index contributed by atoms with van der Waals surface area (Å²) in [7, 11) is 0. The average Bonchev–Trinajstić information content (AvgIpc) is 3.57. The molecule has 32 heavy (non-hydrogen) atoms. The summed E-state index contributed by atoms with van der Waals surface area (Å²) in [5.74, 6) is 0.271. The summed E-state index contributed by atoms with van der Waals surface area (Å²) in [6.07, 6.45) is 3.30. The summed E-state index contributed by atoms with van der Waals surface area (Å²) in [5, 5.41) is 2.77. The third-order valence-electron chi connectivity index (χ3n) is 5.05. The maximum absolute atomic E-state index is 13.2. The van der Waals surface area contributed by atoms with Gasteiger partial charge in [0.05, 0.1) is 12.8 Å². The fraction of sp³-hybridized carbons (Fsp3) is 0.0833. The van der Waals surface area contributed by atoms with Gasteiger partial charge in [-0.1, -0.05) is 48.5 Å². The number of imidazole rings is 1. The molecule has 0 fully saturated rings. The molecule has 0 radical (unpaired) electrons. The Hall–Kier alpha value is -4.46. The molecule has 0 atom stereocenters. The first-order valence-electron chi connectivity index (χ1n) is 10.1. The van der Waals surface area contributed by atoms with Crippen LogP contribution in [0.2, 0.25) is 0 Å². The molecule has 0 bridgehead atoms. The molecule has 1 aliphatic rings. The van der Waals surface area contributed by atoms with E-state index in [1.54, 1.807) is 29.2 Å². The number of amides is 2. The monoisotopic (exact) mass is 425 g/mol. The predicted octanol–water partition coefficient (Wildman–Crippen LogP) is 3.26. The van der Waals surface area contributed by atoms with Gasteiger partial charge in [-0.3, -0.25) is 24.4 Å². The van der Waals surface area contributed by atoms with Crippen LogP contribution in [0.1, 0.15) is 16.2 Å². The summed E-state index contributed by atoms with van der Waals surface area (Å²) in [5.41, 5.74) is 2.23. The van der Waals surface area contributed by atoms with Gasteiger partial charge in [-0.05, 0) is 29.8 Å². The van der Waals surface area contributed by atoms with E-state index in [9.17, 15) is 9.59 Å². The highest BCUT2D eigenvalue weighted by Gasteiger charge is 2.29. The van der Waals surface area contributed by atoms with E-state index in [1.165, 1.54) is 4.90 Å². The van der Waals surface area contributed by atoms with Crippen molar-refractivity contribution in [3.05, 3.63) is 96.6 Å². The highest BCUT2D eigenvalue weighted by atomic mass is 16.3. The van der Waals surface area contributed by atoms with Crippen LogP contribution < -0.4 is 5.32 Å². The molecule has 1 N–H and O–H groups in total. The highest BCUT2D eigenvalue weighted by molar-refractivity contribution is 6.11. The zero-order valence-electron chi connectivity index (χ0n) is 17.0. The second-order valence-electron chi connectivity index (χ2n) is 7.19. The van der Waals surface area contributed by atoms with Gasteiger partial charge in [0.25, 0.3) is 11.8 Å². The van der Waals surface area contributed by atoms with Gasteiger partial charge in [-0.2, -0.15) is 0 Å². The SMILES string of the molecule is O=C(NC1=NCC(=O)N1Cc1ccccc1)c1nc(-c2ccco2)cn1-c1ccccc1. The first kappa shape index (κ1) is 19.5. The van der Waals surface area contributed by atoms with Gasteiger partial charge in [-0.15, -0.1) is 0 Å². The van der Waals surface area contributed by atoms with E-state index in [2.05, 4.69) is 15.3 Å². The van der Waals surface area contributed by atoms with Crippen LogP contribution in [-0.4, -0.2) is 38.8 Å².